The predicted molar refractivity (Wildman–Crippen MR) is 68.6 cm³/mol. The van der Waals surface area contributed by atoms with Crippen molar-refractivity contribution in [3.05, 3.63) is 59.7 Å². The summed E-state index contributed by atoms with van der Waals surface area (Å²) in [6.45, 7) is 0. The lowest BCUT2D eigenvalue weighted by molar-refractivity contribution is -0.137. The molecule has 102 valence electrons. The molecule has 2 aromatic carbocycles. The summed E-state index contributed by atoms with van der Waals surface area (Å²) in [6, 6.07) is 12.3. The van der Waals surface area contributed by atoms with Gasteiger partial charge >= 0.3 is 13.3 Å². The van der Waals surface area contributed by atoms with E-state index >= 15 is 0 Å². The smallest absolute Gasteiger partial charge is 0.523 e. The fraction of sp³-hybridized carbons (Fsp3) is 0.143. The minimum Gasteiger partial charge on any atom is -0.523 e. The van der Waals surface area contributed by atoms with Crippen LogP contribution in [-0.2, 0) is 12.5 Å². The van der Waals surface area contributed by atoms with E-state index in [0.717, 1.165) is 17.7 Å². The van der Waals surface area contributed by atoms with E-state index in [2.05, 4.69) is 0 Å². The van der Waals surface area contributed by atoms with Crippen LogP contribution in [0.15, 0.2) is 48.5 Å². The highest BCUT2D eigenvalue weighted by Crippen LogP contribution is 2.34. The lowest BCUT2D eigenvalue weighted by atomic mass is 9.81. The molecular formula is C14H10BF3O2. The second kappa shape index (κ2) is 4.78. The Morgan fingerprint density at radius 2 is 1.40 bits per heavy atom. The Balaban J connectivity index is 1.68. The first-order chi connectivity index (χ1) is 9.52. The van der Waals surface area contributed by atoms with Crippen LogP contribution in [0.3, 0.4) is 0 Å². The highest BCUT2D eigenvalue weighted by atomic mass is 19.4. The van der Waals surface area contributed by atoms with Crippen molar-refractivity contribution in [1.82, 2.24) is 0 Å². The van der Waals surface area contributed by atoms with Gasteiger partial charge in [0.1, 0.15) is 11.5 Å². The number of halogens is 3. The van der Waals surface area contributed by atoms with Gasteiger partial charge in [-0.15, -0.1) is 0 Å². The normalized spacial score (nSPS) is 13.7. The molecule has 0 fully saturated rings. The number of benzene rings is 2. The van der Waals surface area contributed by atoms with E-state index < -0.39 is 18.9 Å². The SMILES string of the molecule is FC(F)(F)c1ccc(CB2Oc3ccccc3O2)cc1. The fourth-order valence-corrected chi connectivity index (χ4v) is 2.06. The Hall–Kier alpha value is -2.11. The predicted octanol–water partition coefficient (Wildman–Crippen LogP) is 3.75. The highest BCUT2D eigenvalue weighted by molar-refractivity contribution is 6.47. The molecule has 6 heteroatoms. The third-order valence-electron chi connectivity index (χ3n) is 3.05. The van der Waals surface area contributed by atoms with Gasteiger partial charge in [-0.05, 0) is 29.8 Å². The maximum absolute atomic E-state index is 12.5. The molecule has 2 nitrogen and oxygen atoms in total. The number of para-hydroxylation sites is 2. The summed E-state index contributed by atoms with van der Waals surface area (Å²) in [7, 11) is -0.496. The molecule has 0 spiro atoms. The molecule has 3 rings (SSSR count). The van der Waals surface area contributed by atoms with E-state index in [1.54, 1.807) is 12.1 Å². The van der Waals surface area contributed by atoms with Gasteiger partial charge in [-0.2, -0.15) is 13.2 Å². The van der Waals surface area contributed by atoms with Crippen molar-refractivity contribution in [1.29, 1.82) is 0 Å². The standard InChI is InChI=1S/C14H10BF3O2/c16-14(17,18)11-7-5-10(6-8-11)9-15-19-12-3-1-2-4-13(12)20-15/h1-8H,9H2. The first-order valence-corrected chi connectivity index (χ1v) is 6.11. The summed E-state index contributed by atoms with van der Waals surface area (Å²) >= 11 is 0. The van der Waals surface area contributed by atoms with E-state index in [0.29, 0.717) is 17.8 Å². The number of alkyl halides is 3. The molecule has 0 aliphatic carbocycles. The highest BCUT2D eigenvalue weighted by Gasteiger charge is 2.33. The van der Waals surface area contributed by atoms with E-state index in [1.165, 1.54) is 12.1 Å². The van der Waals surface area contributed by atoms with Crippen LogP contribution >= 0.6 is 0 Å². The molecule has 0 bridgehead atoms. The molecule has 0 unspecified atom stereocenters. The number of hydrogen-bond donors (Lipinski definition) is 0. The summed E-state index contributed by atoms with van der Waals surface area (Å²) in [5, 5.41) is 0. The van der Waals surface area contributed by atoms with Crippen molar-refractivity contribution >= 4 is 7.12 Å². The number of hydrogen-bond acceptors (Lipinski definition) is 2. The molecular weight excluding hydrogens is 268 g/mol. The monoisotopic (exact) mass is 278 g/mol. The first-order valence-electron chi connectivity index (χ1n) is 6.11. The number of fused-ring (bicyclic) bond motifs is 1. The minimum absolute atomic E-state index is 0.396. The second-order valence-electron chi connectivity index (χ2n) is 4.51. The van der Waals surface area contributed by atoms with Crippen molar-refractivity contribution in [3.8, 4) is 11.5 Å². The van der Waals surface area contributed by atoms with Crippen molar-refractivity contribution in [3.63, 3.8) is 0 Å². The number of rotatable bonds is 2. The van der Waals surface area contributed by atoms with Gasteiger partial charge in [0, 0.05) is 6.32 Å². The van der Waals surface area contributed by atoms with Crippen LogP contribution in [-0.4, -0.2) is 7.12 Å². The molecule has 2 aromatic rings. The van der Waals surface area contributed by atoms with Crippen molar-refractivity contribution < 1.29 is 22.5 Å². The molecule has 0 radical (unpaired) electrons. The Morgan fingerprint density at radius 1 is 0.850 bits per heavy atom. The molecule has 0 atom stereocenters. The minimum atomic E-state index is -4.31. The molecule has 1 aliphatic heterocycles. The van der Waals surface area contributed by atoms with E-state index in [9.17, 15) is 13.2 Å². The van der Waals surface area contributed by atoms with Crippen LogP contribution in [0.5, 0.6) is 11.5 Å². The molecule has 0 N–H and O–H groups in total. The largest absolute Gasteiger partial charge is 0.599 e. The molecule has 0 saturated carbocycles. The van der Waals surface area contributed by atoms with Gasteiger partial charge in [-0.25, -0.2) is 0 Å². The summed E-state index contributed by atoms with van der Waals surface area (Å²) in [4.78, 5) is 0. The zero-order chi connectivity index (χ0) is 14.2. The summed E-state index contributed by atoms with van der Waals surface area (Å²) < 4.78 is 48.5. The Kier molecular flexibility index (Phi) is 3.08. The zero-order valence-electron chi connectivity index (χ0n) is 10.4. The van der Waals surface area contributed by atoms with Gasteiger partial charge in [-0.3, -0.25) is 0 Å². The van der Waals surface area contributed by atoms with E-state index in [1.807, 2.05) is 12.1 Å². The van der Waals surface area contributed by atoms with Gasteiger partial charge in [0.05, 0.1) is 5.56 Å². The van der Waals surface area contributed by atoms with Crippen LogP contribution in [0.25, 0.3) is 0 Å². The van der Waals surface area contributed by atoms with Gasteiger partial charge in [-0.1, -0.05) is 24.3 Å². The van der Waals surface area contributed by atoms with Gasteiger partial charge < -0.3 is 9.31 Å². The quantitative estimate of drug-likeness (QED) is 0.779. The van der Waals surface area contributed by atoms with Crippen molar-refractivity contribution in [2.24, 2.45) is 0 Å². The zero-order valence-corrected chi connectivity index (χ0v) is 10.4. The maximum Gasteiger partial charge on any atom is 0.599 e. The molecule has 0 amide bonds. The lowest BCUT2D eigenvalue weighted by Crippen LogP contribution is -2.27. The molecule has 0 saturated heterocycles. The summed E-state index contributed by atoms with van der Waals surface area (Å²) in [5.74, 6) is 1.31. The van der Waals surface area contributed by atoms with Crippen LogP contribution in [0.2, 0.25) is 0 Å². The van der Waals surface area contributed by atoms with Crippen LogP contribution in [0.1, 0.15) is 11.1 Å². The van der Waals surface area contributed by atoms with E-state index in [-0.39, 0.29) is 0 Å². The maximum atomic E-state index is 12.5. The Morgan fingerprint density at radius 3 is 1.90 bits per heavy atom. The van der Waals surface area contributed by atoms with Gasteiger partial charge in [0.15, 0.2) is 0 Å². The van der Waals surface area contributed by atoms with E-state index in [4.69, 9.17) is 9.31 Å². The average molecular weight is 278 g/mol. The van der Waals surface area contributed by atoms with Crippen molar-refractivity contribution in [2.75, 3.05) is 0 Å². The molecule has 1 aliphatic rings. The van der Waals surface area contributed by atoms with Crippen LogP contribution in [0, 0.1) is 0 Å². The lowest BCUT2D eigenvalue weighted by Gasteiger charge is -2.08. The summed E-state index contributed by atoms with van der Waals surface area (Å²) in [6.07, 6.45) is -3.91. The summed E-state index contributed by atoms with van der Waals surface area (Å²) in [5.41, 5.74) is 0.0774. The topological polar surface area (TPSA) is 18.5 Å². The van der Waals surface area contributed by atoms with Gasteiger partial charge in [0.25, 0.3) is 0 Å². The Bertz CT molecular complexity index is 586. The first kappa shape index (κ1) is 12.9. The van der Waals surface area contributed by atoms with Crippen LogP contribution < -0.4 is 9.31 Å². The third-order valence-corrected chi connectivity index (χ3v) is 3.05. The van der Waals surface area contributed by atoms with Crippen molar-refractivity contribution in [2.45, 2.75) is 12.5 Å². The molecule has 20 heavy (non-hydrogen) atoms. The van der Waals surface area contributed by atoms with Gasteiger partial charge in [0.2, 0.25) is 0 Å². The molecule has 0 aromatic heterocycles. The third kappa shape index (κ3) is 2.59. The molecule has 1 heterocycles. The fourth-order valence-electron chi connectivity index (χ4n) is 2.06. The average Bonchev–Trinajstić information content (AvgIpc) is 2.80. The second-order valence-corrected chi connectivity index (χ2v) is 4.51. The Labute approximate surface area is 114 Å². The van der Waals surface area contributed by atoms with Crippen LogP contribution in [0.4, 0.5) is 13.2 Å².